The molecule has 2 aliphatic rings. The Kier molecular flexibility index (Phi) is 9.36. The zero-order valence-electron chi connectivity index (χ0n) is 24.5. The number of nitrogens with one attached hydrogen (secondary N) is 2. The van der Waals surface area contributed by atoms with Gasteiger partial charge < -0.3 is 25.3 Å². The van der Waals surface area contributed by atoms with E-state index in [2.05, 4.69) is 29.7 Å². The van der Waals surface area contributed by atoms with Crippen LogP contribution in [-0.4, -0.2) is 69.4 Å². The summed E-state index contributed by atoms with van der Waals surface area (Å²) in [5, 5.41) is 3.04. The number of benzene rings is 1. The summed E-state index contributed by atoms with van der Waals surface area (Å²) in [6, 6.07) is 8.18. The first-order valence-corrected chi connectivity index (χ1v) is 15.0. The minimum Gasteiger partial charge on any atom is -0.476 e. The number of aromatic nitrogens is 3. The second kappa shape index (κ2) is 13.3. The zero-order chi connectivity index (χ0) is 29.6. The number of nitrogens with two attached hydrogens (primary N) is 1. The summed E-state index contributed by atoms with van der Waals surface area (Å²) in [6.45, 7) is 7.57. The normalized spacial score (nSPS) is 20.1. The average molecular weight is 576 g/mol. The van der Waals surface area contributed by atoms with Crippen LogP contribution in [0.3, 0.4) is 0 Å². The molecule has 0 radical (unpaired) electrons. The van der Waals surface area contributed by atoms with E-state index < -0.39 is 11.8 Å². The number of hydrogen-bond donors (Lipinski definition) is 3. The molecular formula is C31H41N7O4. The number of fused-ring (bicyclic) bond motifs is 1. The number of piperidine rings is 1. The third kappa shape index (κ3) is 7.07. The zero-order valence-corrected chi connectivity index (χ0v) is 24.5. The summed E-state index contributed by atoms with van der Waals surface area (Å²) >= 11 is 0. The summed E-state index contributed by atoms with van der Waals surface area (Å²) in [7, 11) is 0. The summed E-state index contributed by atoms with van der Waals surface area (Å²) in [6.07, 6.45) is 8.50. The van der Waals surface area contributed by atoms with Gasteiger partial charge in [-0.05, 0) is 89.7 Å². The number of carbonyl (C=O) groups excluding carboxylic acids is 3. The highest BCUT2D eigenvalue weighted by Crippen LogP contribution is 2.33. The van der Waals surface area contributed by atoms with Crippen LogP contribution in [0.15, 0.2) is 41.5 Å². The molecule has 4 N–H and O–H groups in total. The quantitative estimate of drug-likeness (QED) is 0.357. The maximum atomic E-state index is 13.2. The van der Waals surface area contributed by atoms with E-state index in [1.807, 2.05) is 19.9 Å². The van der Waals surface area contributed by atoms with Crippen LogP contribution in [0, 0.1) is 5.92 Å². The molecular weight excluding hydrogens is 534 g/mol. The van der Waals surface area contributed by atoms with Gasteiger partial charge in [-0.1, -0.05) is 6.42 Å². The van der Waals surface area contributed by atoms with Crippen molar-refractivity contribution >= 4 is 28.8 Å². The first-order chi connectivity index (χ1) is 20.3. The van der Waals surface area contributed by atoms with Crippen LogP contribution >= 0.6 is 0 Å². The summed E-state index contributed by atoms with van der Waals surface area (Å²) in [5.74, 6) is -0.408. The van der Waals surface area contributed by atoms with Gasteiger partial charge in [-0.15, -0.1) is 0 Å². The number of likely N-dealkylation sites (tertiary alicyclic amines) is 1. The molecule has 1 saturated carbocycles. The topological polar surface area (TPSA) is 148 Å². The van der Waals surface area contributed by atoms with E-state index >= 15 is 0 Å². The molecule has 224 valence electrons. The number of imidazole rings is 1. The maximum Gasteiger partial charge on any atom is 0.280 e. The molecule has 0 bridgehead atoms. The Balaban J connectivity index is 1.42. The highest BCUT2D eigenvalue weighted by Gasteiger charge is 2.29. The minimum absolute atomic E-state index is 0.0319. The molecule has 5 rings (SSSR count). The molecule has 2 fully saturated rings. The Labute approximate surface area is 245 Å². The molecule has 3 amide bonds. The lowest BCUT2D eigenvalue weighted by Gasteiger charge is -2.29. The molecule has 3 heterocycles. The maximum absolute atomic E-state index is 13.2. The van der Waals surface area contributed by atoms with Crippen molar-refractivity contribution in [3.63, 3.8) is 0 Å². The molecule has 11 nitrogen and oxygen atoms in total. The number of hydrogen-bond acceptors (Lipinski definition) is 6. The Bertz CT molecular complexity index is 1480. The van der Waals surface area contributed by atoms with Crippen molar-refractivity contribution < 1.29 is 19.1 Å². The summed E-state index contributed by atoms with van der Waals surface area (Å²) in [4.78, 5) is 52.0. The fourth-order valence-electron chi connectivity index (χ4n) is 5.95. The highest BCUT2D eigenvalue weighted by molar-refractivity contribution is 5.97. The lowest BCUT2D eigenvalue weighted by Crippen LogP contribution is -2.38. The van der Waals surface area contributed by atoms with E-state index in [-0.39, 0.29) is 23.9 Å². The monoisotopic (exact) mass is 575 g/mol. The smallest absolute Gasteiger partial charge is 0.280 e. The molecule has 3 aromatic rings. The molecule has 11 heteroatoms. The molecule has 1 aromatic carbocycles. The largest absolute Gasteiger partial charge is 0.476 e. The summed E-state index contributed by atoms with van der Waals surface area (Å²) in [5.41, 5.74) is 8.02. The number of pyridine rings is 1. The van der Waals surface area contributed by atoms with Crippen LogP contribution < -0.4 is 21.4 Å². The van der Waals surface area contributed by atoms with Crippen molar-refractivity contribution in [2.24, 2.45) is 16.6 Å². The van der Waals surface area contributed by atoms with Gasteiger partial charge >= 0.3 is 0 Å². The minimum atomic E-state index is -0.557. The van der Waals surface area contributed by atoms with Gasteiger partial charge in [0.25, 0.3) is 5.91 Å². The van der Waals surface area contributed by atoms with Crippen molar-refractivity contribution in [2.75, 3.05) is 26.2 Å². The fourth-order valence-corrected chi connectivity index (χ4v) is 5.95. The Morgan fingerprint density at radius 3 is 2.43 bits per heavy atom. The van der Waals surface area contributed by atoms with Gasteiger partial charge in [0.05, 0.1) is 17.2 Å². The predicted molar refractivity (Wildman–Crippen MR) is 159 cm³/mol. The highest BCUT2D eigenvalue weighted by atomic mass is 16.5. The van der Waals surface area contributed by atoms with Crippen molar-refractivity contribution in [3.8, 4) is 5.88 Å². The molecule has 42 heavy (non-hydrogen) atoms. The fraction of sp³-hybridized carbons (Fsp3) is 0.516. The third-order valence-electron chi connectivity index (χ3n) is 8.18. The van der Waals surface area contributed by atoms with Gasteiger partial charge in [-0.3, -0.25) is 19.3 Å². The molecule has 0 atom stereocenters. The van der Waals surface area contributed by atoms with E-state index in [1.54, 1.807) is 18.3 Å². The van der Waals surface area contributed by atoms with Gasteiger partial charge in [0.15, 0.2) is 0 Å². The van der Waals surface area contributed by atoms with Crippen molar-refractivity contribution in [1.82, 2.24) is 24.8 Å². The number of ether oxygens (including phenoxy) is 1. The van der Waals surface area contributed by atoms with E-state index in [0.717, 1.165) is 56.4 Å². The van der Waals surface area contributed by atoms with E-state index in [9.17, 15) is 14.4 Å². The standard InChI is InChI=1S/C31H41N7O4/c1-20(2)34-29(40)23-10-12-24(13-11-23)38-26-18-27(42-17-16-37-14-4-3-5-15-37)33-19-25(26)35-31(38)36-30(41)22-8-6-21(7-9-22)28(32)39/h6-9,18-20,23-24H,3-5,10-17H2,1-2H3,(H2,32,39)(H,34,40)(H,35,36,41)/t23-,24+. The number of rotatable bonds is 9. The third-order valence-corrected chi connectivity index (χ3v) is 8.18. The van der Waals surface area contributed by atoms with Gasteiger partial charge in [0, 0.05) is 41.7 Å². The second-order valence-electron chi connectivity index (χ2n) is 11.6. The van der Waals surface area contributed by atoms with Gasteiger partial charge in [0.1, 0.15) is 6.61 Å². The van der Waals surface area contributed by atoms with E-state index in [4.69, 9.17) is 10.5 Å². The van der Waals surface area contributed by atoms with Gasteiger partial charge in [0.2, 0.25) is 23.3 Å². The number of amides is 3. The van der Waals surface area contributed by atoms with Gasteiger partial charge in [-0.25, -0.2) is 4.98 Å². The van der Waals surface area contributed by atoms with Gasteiger partial charge in [-0.2, -0.15) is 4.99 Å². The molecule has 2 aromatic heterocycles. The Hall–Kier alpha value is -3.99. The lowest BCUT2D eigenvalue weighted by molar-refractivity contribution is -0.126. The lowest BCUT2D eigenvalue weighted by atomic mass is 9.85. The Morgan fingerprint density at radius 2 is 1.76 bits per heavy atom. The van der Waals surface area contributed by atoms with Crippen LogP contribution in [0.2, 0.25) is 0 Å². The first-order valence-electron chi connectivity index (χ1n) is 15.0. The van der Waals surface area contributed by atoms with E-state index in [1.165, 1.54) is 31.4 Å². The number of H-pyrrole nitrogens is 1. The SMILES string of the molecule is CC(C)NC(=O)[C@H]1CC[C@@H](n2c(=NC(=O)c3ccc(C(N)=O)cc3)[nH]c3cnc(OCCN4CCCCC4)cc32)CC1. The molecule has 0 unspecified atom stereocenters. The van der Waals surface area contributed by atoms with Crippen molar-refractivity contribution in [3.05, 3.63) is 53.3 Å². The molecule has 0 spiro atoms. The number of primary amides is 1. The van der Waals surface area contributed by atoms with Crippen LogP contribution in [-0.2, 0) is 4.79 Å². The Morgan fingerprint density at radius 1 is 1.07 bits per heavy atom. The molecule has 1 aliphatic heterocycles. The summed E-state index contributed by atoms with van der Waals surface area (Å²) < 4.78 is 8.12. The van der Waals surface area contributed by atoms with Crippen molar-refractivity contribution in [2.45, 2.75) is 70.9 Å². The van der Waals surface area contributed by atoms with Crippen LogP contribution in [0.4, 0.5) is 0 Å². The number of carbonyl (C=O) groups is 3. The second-order valence-corrected chi connectivity index (χ2v) is 11.6. The average Bonchev–Trinajstić information content (AvgIpc) is 3.34. The van der Waals surface area contributed by atoms with Crippen LogP contribution in [0.1, 0.15) is 85.6 Å². The molecule has 1 aliphatic carbocycles. The number of aromatic amines is 1. The molecule has 1 saturated heterocycles. The van der Waals surface area contributed by atoms with E-state index in [0.29, 0.717) is 29.2 Å². The number of nitrogens with zero attached hydrogens (tertiary/aromatic N) is 4. The first kappa shape index (κ1) is 29.5. The van der Waals surface area contributed by atoms with Crippen LogP contribution in [0.5, 0.6) is 5.88 Å². The predicted octanol–water partition coefficient (Wildman–Crippen LogP) is 3.33. The van der Waals surface area contributed by atoms with Crippen molar-refractivity contribution in [1.29, 1.82) is 0 Å². The van der Waals surface area contributed by atoms with Crippen LogP contribution in [0.25, 0.3) is 11.0 Å².